The molecule has 6 heteroatoms. The molecule has 1 fully saturated rings. The van der Waals surface area contributed by atoms with E-state index in [1.807, 2.05) is 10.9 Å². The highest BCUT2D eigenvalue weighted by atomic mass is 16.2. The van der Waals surface area contributed by atoms with E-state index in [2.05, 4.69) is 38.1 Å². The second-order valence-corrected chi connectivity index (χ2v) is 6.86. The van der Waals surface area contributed by atoms with Crippen molar-refractivity contribution in [3.8, 4) is 0 Å². The molecule has 1 aromatic rings. The molecule has 122 valence electrons. The number of nitrogens with one attached hydrogen (secondary N) is 1. The van der Waals surface area contributed by atoms with Crippen molar-refractivity contribution in [1.82, 2.24) is 15.1 Å². The quantitative estimate of drug-likeness (QED) is 0.869. The zero-order chi connectivity index (χ0) is 16.3. The molecule has 2 heterocycles. The van der Waals surface area contributed by atoms with Crippen molar-refractivity contribution in [2.24, 2.45) is 17.8 Å². The summed E-state index contributed by atoms with van der Waals surface area (Å²) in [5.74, 6) is 0.607. The maximum absolute atomic E-state index is 12.2. The number of anilines is 1. The van der Waals surface area contributed by atoms with Gasteiger partial charge in [0.05, 0.1) is 17.8 Å². The molecule has 0 bridgehead atoms. The number of carbonyl (C=O) groups is 2. The molecule has 2 amide bonds. The van der Waals surface area contributed by atoms with Crippen molar-refractivity contribution in [2.45, 2.75) is 40.7 Å². The van der Waals surface area contributed by atoms with E-state index in [4.69, 9.17) is 0 Å². The van der Waals surface area contributed by atoms with Crippen LogP contribution in [0.1, 0.15) is 34.1 Å². The number of carbonyl (C=O) groups excluding carboxylic acids is 2. The number of amides is 2. The Labute approximate surface area is 131 Å². The van der Waals surface area contributed by atoms with E-state index in [-0.39, 0.29) is 24.2 Å². The number of aromatic nitrogens is 2. The monoisotopic (exact) mass is 306 g/mol. The van der Waals surface area contributed by atoms with Crippen LogP contribution in [0.3, 0.4) is 0 Å². The fourth-order valence-electron chi connectivity index (χ4n) is 2.55. The van der Waals surface area contributed by atoms with Gasteiger partial charge in [-0.1, -0.05) is 27.7 Å². The average Bonchev–Trinajstić information content (AvgIpc) is 3.01. The van der Waals surface area contributed by atoms with Crippen LogP contribution in [0, 0.1) is 17.8 Å². The molecule has 22 heavy (non-hydrogen) atoms. The van der Waals surface area contributed by atoms with Crippen LogP contribution in [0.15, 0.2) is 12.4 Å². The standard InChI is InChI=1S/C16H26N4O2/c1-11(2)6-17-16(22)13-5-15(21)20(9-13)14-7-18-19(10-14)8-12(3)4/h7,10-13H,5-6,8-9H2,1-4H3,(H,17,22). The van der Waals surface area contributed by atoms with Crippen LogP contribution >= 0.6 is 0 Å². The molecule has 2 rings (SSSR count). The van der Waals surface area contributed by atoms with Crippen LogP contribution in [0.5, 0.6) is 0 Å². The summed E-state index contributed by atoms with van der Waals surface area (Å²) in [6.07, 6.45) is 3.86. The van der Waals surface area contributed by atoms with Gasteiger partial charge in [0.1, 0.15) is 0 Å². The summed E-state index contributed by atoms with van der Waals surface area (Å²) in [4.78, 5) is 26.0. The molecule has 1 aromatic heterocycles. The molecule has 1 saturated heterocycles. The first-order chi connectivity index (χ1) is 10.4. The lowest BCUT2D eigenvalue weighted by Gasteiger charge is -2.15. The van der Waals surface area contributed by atoms with Gasteiger partial charge in [-0.2, -0.15) is 5.10 Å². The van der Waals surface area contributed by atoms with Gasteiger partial charge in [0.25, 0.3) is 0 Å². The van der Waals surface area contributed by atoms with Crippen LogP contribution in [-0.2, 0) is 16.1 Å². The Morgan fingerprint density at radius 3 is 2.73 bits per heavy atom. The van der Waals surface area contributed by atoms with Crippen LogP contribution in [0.2, 0.25) is 0 Å². The predicted molar refractivity (Wildman–Crippen MR) is 85.4 cm³/mol. The minimum absolute atomic E-state index is 0.00575. The van der Waals surface area contributed by atoms with E-state index in [1.165, 1.54) is 0 Å². The van der Waals surface area contributed by atoms with Gasteiger partial charge < -0.3 is 10.2 Å². The average molecular weight is 306 g/mol. The summed E-state index contributed by atoms with van der Waals surface area (Å²) >= 11 is 0. The van der Waals surface area contributed by atoms with Gasteiger partial charge in [-0.3, -0.25) is 14.3 Å². The first-order valence-electron chi connectivity index (χ1n) is 7.97. The summed E-state index contributed by atoms with van der Waals surface area (Å²) in [7, 11) is 0. The molecule has 1 N–H and O–H groups in total. The fraction of sp³-hybridized carbons (Fsp3) is 0.688. The van der Waals surface area contributed by atoms with Crippen LogP contribution in [-0.4, -0.2) is 34.7 Å². The SMILES string of the molecule is CC(C)CNC(=O)C1CC(=O)N(c2cnn(CC(C)C)c2)C1. The van der Waals surface area contributed by atoms with Gasteiger partial charge in [-0.25, -0.2) is 0 Å². The molecule has 0 aliphatic carbocycles. The molecule has 0 radical (unpaired) electrons. The van der Waals surface area contributed by atoms with E-state index in [0.29, 0.717) is 24.9 Å². The highest BCUT2D eigenvalue weighted by Gasteiger charge is 2.35. The lowest BCUT2D eigenvalue weighted by Crippen LogP contribution is -2.34. The largest absolute Gasteiger partial charge is 0.356 e. The van der Waals surface area contributed by atoms with Gasteiger partial charge in [0.2, 0.25) is 11.8 Å². The van der Waals surface area contributed by atoms with Crippen LogP contribution < -0.4 is 10.2 Å². The lowest BCUT2D eigenvalue weighted by molar-refractivity contribution is -0.126. The minimum atomic E-state index is -0.264. The summed E-state index contributed by atoms with van der Waals surface area (Å²) in [5.41, 5.74) is 0.782. The third-order valence-corrected chi connectivity index (χ3v) is 3.66. The number of rotatable bonds is 6. The molecule has 1 unspecified atom stereocenters. The van der Waals surface area contributed by atoms with E-state index in [9.17, 15) is 9.59 Å². The van der Waals surface area contributed by atoms with Crippen molar-refractivity contribution < 1.29 is 9.59 Å². The highest BCUT2D eigenvalue weighted by molar-refractivity contribution is 6.00. The molecule has 6 nitrogen and oxygen atoms in total. The molecular weight excluding hydrogens is 280 g/mol. The van der Waals surface area contributed by atoms with Gasteiger partial charge in [-0.15, -0.1) is 0 Å². The molecule has 0 saturated carbocycles. The zero-order valence-corrected chi connectivity index (χ0v) is 13.9. The Morgan fingerprint density at radius 1 is 1.36 bits per heavy atom. The smallest absolute Gasteiger partial charge is 0.227 e. The highest BCUT2D eigenvalue weighted by Crippen LogP contribution is 2.25. The summed E-state index contributed by atoms with van der Waals surface area (Å²) in [6.45, 7) is 10.3. The van der Waals surface area contributed by atoms with E-state index < -0.39 is 0 Å². The van der Waals surface area contributed by atoms with Gasteiger partial charge in [-0.05, 0) is 11.8 Å². The maximum atomic E-state index is 12.2. The Morgan fingerprint density at radius 2 is 2.09 bits per heavy atom. The lowest BCUT2D eigenvalue weighted by atomic mass is 10.1. The Bertz CT molecular complexity index is 536. The summed E-state index contributed by atoms with van der Waals surface area (Å²) in [5, 5.41) is 7.20. The molecule has 1 atom stereocenters. The third-order valence-electron chi connectivity index (χ3n) is 3.66. The molecule has 0 spiro atoms. The van der Waals surface area contributed by atoms with Crippen LogP contribution in [0.25, 0.3) is 0 Å². The second kappa shape index (κ2) is 6.94. The van der Waals surface area contributed by atoms with Crippen molar-refractivity contribution in [3.63, 3.8) is 0 Å². The predicted octanol–water partition coefficient (Wildman–Crippen LogP) is 1.66. The van der Waals surface area contributed by atoms with E-state index >= 15 is 0 Å². The van der Waals surface area contributed by atoms with Gasteiger partial charge >= 0.3 is 0 Å². The number of nitrogens with zero attached hydrogens (tertiary/aromatic N) is 3. The van der Waals surface area contributed by atoms with Crippen LogP contribution in [0.4, 0.5) is 5.69 Å². The Balaban J connectivity index is 1.97. The molecule has 1 aliphatic rings. The minimum Gasteiger partial charge on any atom is -0.356 e. The van der Waals surface area contributed by atoms with Crippen molar-refractivity contribution in [3.05, 3.63) is 12.4 Å². The Kier molecular flexibility index (Phi) is 5.21. The first kappa shape index (κ1) is 16.5. The number of hydrogen-bond acceptors (Lipinski definition) is 3. The normalized spacial score (nSPS) is 18.5. The molecular formula is C16H26N4O2. The second-order valence-electron chi connectivity index (χ2n) is 6.86. The topological polar surface area (TPSA) is 67.2 Å². The van der Waals surface area contributed by atoms with Crippen molar-refractivity contribution in [2.75, 3.05) is 18.0 Å². The third kappa shape index (κ3) is 4.08. The fourth-order valence-corrected chi connectivity index (χ4v) is 2.55. The zero-order valence-electron chi connectivity index (χ0n) is 13.9. The van der Waals surface area contributed by atoms with E-state index in [0.717, 1.165) is 12.2 Å². The van der Waals surface area contributed by atoms with Crippen molar-refractivity contribution >= 4 is 17.5 Å². The summed E-state index contributed by atoms with van der Waals surface area (Å²) < 4.78 is 1.85. The van der Waals surface area contributed by atoms with Gasteiger partial charge in [0, 0.05) is 32.3 Å². The first-order valence-corrected chi connectivity index (χ1v) is 7.97. The molecule has 1 aliphatic heterocycles. The van der Waals surface area contributed by atoms with Crippen molar-refractivity contribution in [1.29, 1.82) is 0 Å². The number of hydrogen-bond donors (Lipinski definition) is 1. The maximum Gasteiger partial charge on any atom is 0.227 e. The van der Waals surface area contributed by atoms with Gasteiger partial charge in [0.15, 0.2) is 0 Å². The van der Waals surface area contributed by atoms with E-state index in [1.54, 1.807) is 11.1 Å². The molecule has 0 aromatic carbocycles. The Hall–Kier alpha value is -1.85. The summed E-state index contributed by atoms with van der Waals surface area (Å²) in [6, 6.07) is 0.